The van der Waals surface area contributed by atoms with E-state index in [4.69, 9.17) is 17.0 Å². The van der Waals surface area contributed by atoms with Crippen LogP contribution in [0.3, 0.4) is 0 Å². The van der Waals surface area contributed by atoms with Crippen LogP contribution in [-0.4, -0.2) is 46.2 Å². The molecule has 8 nitrogen and oxygen atoms in total. The van der Waals surface area contributed by atoms with E-state index in [0.717, 1.165) is 16.8 Å². The molecule has 0 bridgehead atoms. The number of hydrogen-bond acceptors (Lipinski definition) is 7. The topological polar surface area (TPSA) is 96.0 Å². The van der Waals surface area contributed by atoms with Gasteiger partial charge in [-0.05, 0) is 25.2 Å². The first-order chi connectivity index (χ1) is 12.8. The molecule has 0 atom stereocenters. The van der Waals surface area contributed by atoms with Crippen LogP contribution in [0.5, 0.6) is 0 Å². The predicted octanol–water partition coefficient (Wildman–Crippen LogP) is 1.22. The number of para-hydroxylation sites is 1. The van der Waals surface area contributed by atoms with Crippen LogP contribution in [0.1, 0.15) is 19.4 Å². The Bertz CT molecular complexity index is 912. The van der Waals surface area contributed by atoms with E-state index in [-0.39, 0.29) is 28.0 Å². The fourth-order valence-electron chi connectivity index (χ4n) is 2.77. The Balaban J connectivity index is 2.04. The van der Waals surface area contributed by atoms with Gasteiger partial charge in [0, 0.05) is 12.5 Å². The number of carbonyl (C=O) groups is 4. The minimum absolute atomic E-state index is 0.109. The molecule has 2 aliphatic heterocycles. The molecule has 0 unspecified atom stereocenters. The van der Waals surface area contributed by atoms with Crippen molar-refractivity contribution in [3.05, 3.63) is 34.7 Å². The molecule has 3 rings (SSSR count). The lowest BCUT2D eigenvalue weighted by molar-refractivity contribution is -0.142. The van der Waals surface area contributed by atoms with Crippen molar-refractivity contribution in [2.24, 2.45) is 0 Å². The lowest BCUT2D eigenvalue weighted by Gasteiger charge is -2.15. The highest BCUT2D eigenvalue weighted by molar-refractivity contribution is 8.26. The zero-order chi connectivity index (χ0) is 19.7. The van der Waals surface area contributed by atoms with Gasteiger partial charge in [0.25, 0.3) is 11.8 Å². The lowest BCUT2D eigenvalue weighted by Crippen LogP contribution is -2.43. The third-order valence-corrected chi connectivity index (χ3v) is 5.15. The largest absolute Gasteiger partial charge is 0.465 e. The monoisotopic (exact) mass is 405 g/mol. The van der Waals surface area contributed by atoms with Gasteiger partial charge in [0.05, 0.1) is 22.8 Å². The molecule has 0 spiro atoms. The molecule has 0 radical (unpaired) electrons. The number of hydrogen-bond donors (Lipinski definition) is 1. The van der Waals surface area contributed by atoms with Gasteiger partial charge >= 0.3 is 5.97 Å². The zero-order valence-electron chi connectivity index (χ0n) is 14.5. The van der Waals surface area contributed by atoms with Gasteiger partial charge < -0.3 is 4.74 Å². The van der Waals surface area contributed by atoms with E-state index in [1.165, 1.54) is 11.8 Å². The van der Waals surface area contributed by atoms with Crippen molar-refractivity contribution in [2.45, 2.75) is 13.8 Å². The van der Waals surface area contributed by atoms with Crippen LogP contribution in [0.4, 0.5) is 5.69 Å². The van der Waals surface area contributed by atoms with E-state index >= 15 is 0 Å². The van der Waals surface area contributed by atoms with Gasteiger partial charge in [0.2, 0.25) is 5.91 Å². The van der Waals surface area contributed by atoms with Gasteiger partial charge in [-0.15, -0.1) is 0 Å². The van der Waals surface area contributed by atoms with Crippen LogP contribution in [0, 0.1) is 0 Å². The van der Waals surface area contributed by atoms with Crippen LogP contribution < -0.4 is 10.3 Å². The summed E-state index contributed by atoms with van der Waals surface area (Å²) < 4.78 is 5.05. The average molecular weight is 405 g/mol. The first kappa shape index (κ1) is 19.1. The molecule has 1 fully saturated rings. The SMILES string of the molecule is CCOC(=O)CN1C(=O)/C(=C2\SC(=S)N(NC(C)=O)C2=O)c2ccccc21. The summed E-state index contributed by atoms with van der Waals surface area (Å²) in [7, 11) is 0. The summed E-state index contributed by atoms with van der Waals surface area (Å²) in [6, 6.07) is 6.84. The maximum absolute atomic E-state index is 13.0. The Labute approximate surface area is 164 Å². The third kappa shape index (κ3) is 3.45. The molecule has 2 aliphatic rings. The summed E-state index contributed by atoms with van der Waals surface area (Å²) in [5.74, 6) is -2.09. The van der Waals surface area contributed by atoms with Gasteiger partial charge in [-0.25, -0.2) is 0 Å². The minimum Gasteiger partial charge on any atom is -0.465 e. The summed E-state index contributed by atoms with van der Waals surface area (Å²) in [4.78, 5) is 50.3. The zero-order valence-corrected chi connectivity index (χ0v) is 16.1. The molecular weight excluding hydrogens is 390 g/mol. The molecule has 3 amide bonds. The highest BCUT2D eigenvalue weighted by Gasteiger charge is 2.43. The Morgan fingerprint density at radius 1 is 1.22 bits per heavy atom. The summed E-state index contributed by atoms with van der Waals surface area (Å²) >= 11 is 6.07. The maximum atomic E-state index is 13.0. The fourth-order valence-corrected chi connectivity index (χ4v) is 4.02. The number of thioether (sulfide) groups is 1. The van der Waals surface area contributed by atoms with Crippen molar-refractivity contribution >= 4 is 63.3 Å². The van der Waals surface area contributed by atoms with Crippen molar-refractivity contribution in [1.29, 1.82) is 0 Å². The molecule has 0 aliphatic carbocycles. The van der Waals surface area contributed by atoms with Crippen molar-refractivity contribution in [3.63, 3.8) is 0 Å². The van der Waals surface area contributed by atoms with E-state index in [9.17, 15) is 19.2 Å². The minimum atomic E-state index is -0.587. The molecule has 1 aromatic rings. The van der Waals surface area contributed by atoms with E-state index < -0.39 is 23.7 Å². The first-order valence-electron chi connectivity index (χ1n) is 7.99. The van der Waals surface area contributed by atoms with E-state index in [2.05, 4.69) is 5.43 Å². The number of fused-ring (bicyclic) bond motifs is 1. The van der Waals surface area contributed by atoms with Crippen molar-refractivity contribution in [3.8, 4) is 0 Å². The summed E-state index contributed by atoms with van der Waals surface area (Å²) in [6.45, 7) is 2.86. The van der Waals surface area contributed by atoms with Crippen LogP contribution in [0.15, 0.2) is 29.2 Å². The number of amides is 3. The van der Waals surface area contributed by atoms with E-state index in [1.807, 2.05) is 0 Å². The summed E-state index contributed by atoms with van der Waals surface area (Å²) in [6.07, 6.45) is 0. The van der Waals surface area contributed by atoms with Crippen molar-refractivity contribution in [2.75, 3.05) is 18.1 Å². The van der Waals surface area contributed by atoms with Gasteiger partial charge in [0.1, 0.15) is 6.54 Å². The Kier molecular flexibility index (Phi) is 5.29. The second-order valence-corrected chi connectivity index (χ2v) is 7.24. The number of ether oxygens (including phenoxy) is 1. The normalized spacial score (nSPS) is 18.8. The number of benzene rings is 1. The summed E-state index contributed by atoms with van der Waals surface area (Å²) in [5.41, 5.74) is 3.53. The van der Waals surface area contributed by atoms with Crippen LogP contribution in [0.25, 0.3) is 5.57 Å². The molecule has 1 aromatic carbocycles. The van der Waals surface area contributed by atoms with Gasteiger partial charge in [-0.1, -0.05) is 30.0 Å². The Morgan fingerprint density at radius 3 is 2.59 bits per heavy atom. The molecule has 0 aromatic heterocycles. The van der Waals surface area contributed by atoms with Gasteiger partial charge in [-0.2, -0.15) is 5.01 Å². The van der Waals surface area contributed by atoms with Gasteiger partial charge in [-0.3, -0.25) is 29.5 Å². The average Bonchev–Trinajstić information content (AvgIpc) is 3.03. The summed E-state index contributed by atoms with van der Waals surface area (Å²) in [5, 5.41) is 0.939. The molecule has 27 heavy (non-hydrogen) atoms. The smallest absolute Gasteiger partial charge is 0.326 e. The molecule has 2 heterocycles. The van der Waals surface area contributed by atoms with Crippen LogP contribution >= 0.6 is 24.0 Å². The molecule has 1 N–H and O–H groups in total. The number of nitrogens with one attached hydrogen (secondary N) is 1. The van der Waals surface area contributed by atoms with E-state index in [1.54, 1.807) is 31.2 Å². The fraction of sp³-hybridized carbons (Fsp3) is 0.235. The predicted molar refractivity (Wildman–Crippen MR) is 103 cm³/mol. The molecule has 10 heteroatoms. The van der Waals surface area contributed by atoms with Crippen LogP contribution in [-0.2, 0) is 23.9 Å². The van der Waals surface area contributed by atoms with Crippen LogP contribution in [0.2, 0.25) is 0 Å². The second kappa shape index (κ2) is 7.49. The van der Waals surface area contributed by atoms with Crippen molar-refractivity contribution < 1.29 is 23.9 Å². The molecule has 1 saturated heterocycles. The van der Waals surface area contributed by atoms with Gasteiger partial charge in [0.15, 0.2) is 4.32 Å². The highest BCUT2D eigenvalue weighted by Crippen LogP contribution is 2.44. The Morgan fingerprint density at radius 2 is 1.93 bits per heavy atom. The second-order valence-electron chi connectivity index (χ2n) is 5.59. The number of hydrazine groups is 1. The molecular formula is C17H15N3O5S2. The molecule has 140 valence electrons. The number of carbonyl (C=O) groups excluding carboxylic acids is 4. The Hall–Kier alpha value is -2.72. The standard InChI is InChI=1S/C17H15N3O5S2/c1-3-25-12(22)8-19-11-7-5-4-6-10(11)13(15(19)23)14-16(24)20(17(26)27-14)18-9(2)21/h4-7H,3,8H2,1-2H3,(H,18,21)/b14-13-. The number of thiocarbonyl (C=S) groups is 1. The maximum Gasteiger partial charge on any atom is 0.326 e. The molecule has 0 saturated carbocycles. The first-order valence-corrected chi connectivity index (χ1v) is 9.22. The van der Waals surface area contributed by atoms with E-state index in [0.29, 0.717) is 11.3 Å². The number of rotatable bonds is 4. The number of nitrogens with zero attached hydrogens (tertiary/aromatic N) is 2. The lowest BCUT2D eigenvalue weighted by atomic mass is 10.1. The number of esters is 1. The number of anilines is 1. The third-order valence-electron chi connectivity index (χ3n) is 3.78. The quantitative estimate of drug-likeness (QED) is 0.457. The highest BCUT2D eigenvalue weighted by atomic mass is 32.2. The van der Waals surface area contributed by atoms with Crippen molar-refractivity contribution in [1.82, 2.24) is 10.4 Å².